The van der Waals surface area contributed by atoms with Crippen LogP contribution in [0.4, 0.5) is 11.4 Å². The Morgan fingerprint density at radius 1 is 0.500 bits per heavy atom. The first kappa shape index (κ1) is 39.9. The largest absolute Gasteiger partial charge is 0.497 e. The van der Waals surface area contributed by atoms with Crippen LogP contribution in [-0.4, -0.2) is 86.3 Å². The Labute approximate surface area is 352 Å². The van der Waals surface area contributed by atoms with Crippen LogP contribution in [0.5, 0.6) is 11.5 Å². The Morgan fingerprint density at radius 2 is 0.914 bits per heavy atom. The molecule has 0 aliphatic carbocycles. The number of benzene rings is 6. The van der Waals surface area contributed by atoms with Gasteiger partial charge in [-0.3, -0.25) is 0 Å². The van der Waals surface area contributed by atoms with E-state index in [1.54, 1.807) is 14.2 Å². The molecule has 4 heterocycles. The van der Waals surface area contributed by atoms with Crippen molar-refractivity contribution in [2.75, 3.05) is 77.2 Å². The Kier molecular flexibility index (Phi) is 11.8. The second-order valence-electron chi connectivity index (χ2n) is 16.1. The van der Waals surface area contributed by atoms with Gasteiger partial charge in [0.2, 0.25) is 0 Å². The van der Waals surface area contributed by atoms with Gasteiger partial charge in [0, 0.05) is 81.2 Å². The van der Waals surface area contributed by atoms with Crippen molar-refractivity contribution in [2.45, 2.75) is 25.7 Å². The van der Waals surface area contributed by atoms with Gasteiger partial charge in [0.1, 0.15) is 11.5 Å². The average Bonchev–Trinajstić information content (AvgIpc) is 3.82. The summed E-state index contributed by atoms with van der Waals surface area (Å²) in [6, 6.07) is 35.0. The van der Waals surface area contributed by atoms with Crippen LogP contribution < -0.4 is 20.1 Å². The van der Waals surface area contributed by atoms with Crippen LogP contribution in [0.3, 0.4) is 0 Å². The molecule has 8 aromatic rings. The number of rotatable bonds is 11. The van der Waals surface area contributed by atoms with E-state index in [0.29, 0.717) is 0 Å². The fraction of sp³-hybridized carbons (Fsp3) is 0.333. The van der Waals surface area contributed by atoms with Gasteiger partial charge in [-0.1, -0.05) is 24.3 Å². The third kappa shape index (κ3) is 7.71. The van der Waals surface area contributed by atoms with E-state index in [1.807, 2.05) is 12.1 Å². The van der Waals surface area contributed by atoms with E-state index in [0.717, 1.165) is 71.6 Å². The Bertz CT molecular complexity index is 2510. The molecule has 0 atom stereocenters. The molecule has 0 amide bonds. The fourth-order valence-corrected chi connectivity index (χ4v) is 9.90. The maximum absolute atomic E-state index is 5.52. The van der Waals surface area contributed by atoms with Crippen molar-refractivity contribution in [2.24, 2.45) is 11.8 Å². The number of hydrogen-bond donors (Lipinski definition) is 4. The Balaban J connectivity index is 0.00000235. The first-order valence-corrected chi connectivity index (χ1v) is 20.6. The molecule has 2 aromatic heterocycles. The lowest BCUT2D eigenvalue weighted by atomic mass is 9.79. The summed E-state index contributed by atoms with van der Waals surface area (Å²) in [7, 11) is 3.46. The van der Waals surface area contributed by atoms with Crippen molar-refractivity contribution in [1.29, 1.82) is 0 Å². The molecule has 2 fully saturated rings. The van der Waals surface area contributed by atoms with Gasteiger partial charge < -0.3 is 39.9 Å². The zero-order valence-electron chi connectivity index (χ0n) is 33.4. The predicted octanol–water partition coefficient (Wildman–Crippen LogP) is 11.1. The molecule has 4 N–H and O–H groups in total. The SMILES string of the molecule is COc1ccc2[nH]c3ccc4cc(NCCN5CCC(C6CCN(CCNc7ccc8c(ccc9[nH]c%10ccc(OC)cc%10c98)c7)CC6)CC5)ccc4c3c2c1.Cl.Cl. The molecule has 0 saturated carbocycles. The van der Waals surface area contributed by atoms with Crippen LogP contribution in [0.15, 0.2) is 97.1 Å². The number of H-pyrrole nitrogens is 2. The molecular formula is C48H54Cl2N6O2. The van der Waals surface area contributed by atoms with E-state index < -0.39 is 0 Å². The summed E-state index contributed by atoms with van der Waals surface area (Å²) in [5.74, 6) is 3.53. The lowest BCUT2D eigenvalue weighted by Crippen LogP contribution is -2.42. The molecular weight excluding hydrogens is 763 g/mol. The first-order chi connectivity index (χ1) is 27.6. The van der Waals surface area contributed by atoms with E-state index in [4.69, 9.17) is 9.47 Å². The van der Waals surface area contributed by atoms with Crippen LogP contribution >= 0.6 is 24.8 Å². The van der Waals surface area contributed by atoms with Crippen LogP contribution in [0.1, 0.15) is 25.7 Å². The van der Waals surface area contributed by atoms with Crippen molar-refractivity contribution >= 4 is 101 Å². The molecule has 0 radical (unpaired) electrons. The minimum Gasteiger partial charge on any atom is -0.497 e. The molecule has 6 aromatic carbocycles. The number of likely N-dealkylation sites (tertiary alicyclic amines) is 2. The lowest BCUT2D eigenvalue weighted by molar-refractivity contribution is 0.0996. The van der Waals surface area contributed by atoms with E-state index in [1.165, 1.54) is 106 Å². The molecule has 2 aliphatic heterocycles. The number of nitrogens with one attached hydrogen (secondary N) is 4. The summed E-state index contributed by atoms with van der Waals surface area (Å²) >= 11 is 0. The predicted molar refractivity (Wildman–Crippen MR) is 250 cm³/mol. The molecule has 10 heteroatoms. The van der Waals surface area contributed by atoms with Crippen LogP contribution in [-0.2, 0) is 0 Å². The molecule has 58 heavy (non-hydrogen) atoms. The highest BCUT2D eigenvalue weighted by Crippen LogP contribution is 2.37. The van der Waals surface area contributed by atoms with Crippen LogP contribution in [0.2, 0.25) is 0 Å². The van der Waals surface area contributed by atoms with Crippen LogP contribution in [0.25, 0.3) is 65.2 Å². The summed E-state index contributed by atoms with van der Waals surface area (Å²) < 4.78 is 11.0. The molecule has 0 unspecified atom stereocenters. The number of aromatic nitrogens is 2. The third-order valence-corrected chi connectivity index (χ3v) is 13.0. The number of aromatic amines is 2. The third-order valence-electron chi connectivity index (χ3n) is 13.0. The van der Waals surface area contributed by atoms with Crippen molar-refractivity contribution in [1.82, 2.24) is 19.8 Å². The number of ether oxygens (including phenoxy) is 2. The standard InChI is InChI=1S/C48H52N6O2.2ClH/c1-55-37-7-13-43-41(29-37)47-39-9-5-35(27-33(39)3-11-45(47)51-43)49-19-25-53-21-15-31(16-22-53)32-17-23-54(24-18-32)26-20-50-36-6-10-40-34(28-36)4-12-46-48(40)42-30-38(56-2)8-14-44(42)52-46;;/h3-14,27-32,49-52H,15-26H2,1-2H3;2*1H. The van der Waals surface area contributed by atoms with Crippen molar-refractivity contribution in [3.63, 3.8) is 0 Å². The number of piperidine rings is 2. The van der Waals surface area contributed by atoms with Gasteiger partial charge in [-0.25, -0.2) is 0 Å². The number of hydrogen-bond acceptors (Lipinski definition) is 6. The summed E-state index contributed by atoms with van der Waals surface area (Å²) in [5.41, 5.74) is 6.99. The number of halogens is 2. The summed E-state index contributed by atoms with van der Waals surface area (Å²) in [6.45, 7) is 9.03. The minimum atomic E-state index is 0. The second-order valence-corrected chi connectivity index (χ2v) is 16.1. The van der Waals surface area contributed by atoms with Crippen LogP contribution in [0, 0.1) is 11.8 Å². The summed E-state index contributed by atoms with van der Waals surface area (Å²) in [4.78, 5) is 12.5. The molecule has 2 saturated heterocycles. The smallest absolute Gasteiger partial charge is 0.119 e. The van der Waals surface area contributed by atoms with Crippen molar-refractivity contribution < 1.29 is 9.47 Å². The summed E-state index contributed by atoms with van der Waals surface area (Å²) in [6.07, 6.45) is 5.36. The van der Waals surface area contributed by atoms with Gasteiger partial charge >= 0.3 is 0 Å². The minimum absolute atomic E-state index is 0. The van der Waals surface area contributed by atoms with E-state index in [-0.39, 0.29) is 24.8 Å². The maximum atomic E-state index is 5.52. The number of anilines is 2. The highest BCUT2D eigenvalue weighted by Gasteiger charge is 2.29. The van der Waals surface area contributed by atoms with Gasteiger partial charge in [0.15, 0.2) is 0 Å². The Morgan fingerprint density at radius 3 is 1.33 bits per heavy atom. The molecule has 0 spiro atoms. The van der Waals surface area contributed by atoms with E-state index in [2.05, 4.69) is 115 Å². The zero-order valence-corrected chi connectivity index (χ0v) is 35.0. The highest BCUT2D eigenvalue weighted by atomic mass is 35.5. The van der Waals surface area contributed by atoms with E-state index >= 15 is 0 Å². The Hall–Kier alpha value is -4.86. The summed E-state index contributed by atoms with van der Waals surface area (Å²) in [5, 5.41) is 17.5. The molecule has 8 nitrogen and oxygen atoms in total. The first-order valence-electron chi connectivity index (χ1n) is 20.6. The molecule has 2 aliphatic rings. The fourth-order valence-electron chi connectivity index (χ4n) is 9.90. The normalized spacial score (nSPS) is 16.0. The topological polar surface area (TPSA) is 80.6 Å². The van der Waals surface area contributed by atoms with Gasteiger partial charge in [-0.05, 0) is 158 Å². The monoisotopic (exact) mass is 816 g/mol. The lowest BCUT2D eigenvalue weighted by Gasteiger charge is -2.40. The number of fused-ring (bicyclic) bond motifs is 10. The highest BCUT2D eigenvalue weighted by molar-refractivity contribution is 6.21. The van der Waals surface area contributed by atoms with Gasteiger partial charge in [0.25, 0.3) is 0 Å². The van der Waals surface area contributed by atoms with E-state index in [9.17, 15) is 0 Å². The molecule has 10 rings (SSSR count). The molecule has 302 valence electrons. The number of methoxy groups -OCH3 is 2. The van der Waals surface area contributed by atoms with Gasteiger partial charge in [-0.2, -0.15) is 0 Å². The zero-order chi connectivity index (χ0) is 37.6. The molecule has 0 bridgehead atoms. The maximum Gasteiger partial charge on any atom is 0.119 e. The van der Waals surface area contributed by atoms with Gasteiger partial charge in [-0.15, -0.1) is 24.8 Å². The van der Waals surface area contributed by atoms with Gasteiger partial charge in [0.05, 0.1) is 14.2 Å². The second kappa shape index (κ2) is 17.2. The van der Waals surface area contributed by atoms with Crippen molar-refractivity contribution in [3.8, 4) is 11.5 Å². The number of nitrogens with zero attached hydrogens (tertiary/aromatic N) is 2. The quantitative estimate of drug-likeness (QED) is 0.104. The van der Waals surface area contributed by atoms with Crippen molar-refractivity contribution in [3.05, 3.63) is 97.1 Å². The average molecular weight is 818 g/mol.